The van der Waals surface area contributed by atoms with Crippen LogP contribution in [0.4, 0.5) is 0 Å². The molecule has 2 N–H and O–H groups in total. The highest BCUT2D eigenvalue weighted by atomic mass is 127. The van der Waals surface area contributed by atoms with Crippen LogP contribution >= 0.6 is 24.0 Å². The number of halogens is 1. The van der Waals surface area contributed by atoms with Gasteiger partial charge in [-0.1, -0.05) is 39.8 Å². The van der Waals surface area contributed by atoms with Crippen LogP contribution < -0.4 is 15.4 Å². The van der Waals surface area contributed by atoms with Crippen molar-refractivity contribution < 1.29 is 9.53 Å². The number of aliphatic imine (C=N–C) groups is 1. The molecule has 158 valence electrons. The standard InChI is InChI=1S/C21H34N4O2.HI/c1-15(2)17-6-8-19(9-7-17)27-13-11-23-21(22-5)24-18-10-12-25(14-18)20(26)16(3)4;/h6-9,15-16,18H,10-14H2,1-5H3,(H2,22,23,24);1H. The first kappa shape index (κ1) is 24.5. The summed E-state index contributed by atoms with van der Waals surface area (Å²) in [6.07, 6.45) is 0.942. The Hall–Kier alpha value is -1.51. The lowest BCUT2D eigenvalue weighted by molar-refractivity contribution is -0.133. The highest BCUT2D eigenvalue weighted by Crippen LogP contribution is 2.18. The second kappa shape index (κ2) is 12.1. The Morgan fingerprint density at radius 2 is 1.93 bits per heavy atom. The summed E-state index contributed by atoms with van der Waals surface area (Å²) in [5, 5.41) is 6.67. The summed E-state index contributed by atoms with van der Waals surface area (Å²) >= 11 is 0. The largest absolute Gasteiger partial charge is 0.492 e. The van der Waals surface area contributed by atoms with Crippen molar-refractivity contribution in [3.63, 3.8) is 0 Å². The molecule has 0 aliphatic carbocycles. The highest BCUT2D eigenvalue weighted by Gasteiger charge is 2.27. The van der Waals surface area contributed by atoms with Gasteiger partial charge in [-0.15, -0.1) is 24.0 Å². The molecule has 2 rings (SSSR count). The number of hydrogen-bond acceptors (Lipinski definition) is 3. The summed E-state index contributed by atoms with van der Waals surface area (Å²) in [6, 6.07) is 8.49. The Bertz CT molecular complexity index is 632. The Balaban J connectivity index is 0.00000392. The predicted octanol–water partition coefficient (Wildman–Crippen LogP) is 3.23. The quantitative estimate of drug-likeness (QED) is 0.260. The van der Waals surface area contributed by atoms with E-state index >= 15 is 0 Å². The van der Waals surface area contributed by atoms with Crippen LogP contribution in [0.1, 0.15) is 45.6 Å². The van der Waals surface area contributed by atoms with Gasteiger partial charge in [0.05, 0.1) is 6.54 Å². The molecule has 1 aliphatic rings. The van der Waals surface area contributed by atoms with E-state index in [1.165, 1.54) is 5.56 Å². The van der Waals surface area contributed by atoms with Crippen LogP contribution in [-0.2, 0) is 4.79 Å². The third kappa shape index (κ3) is 7.48. The minimum absolute atomic E-state index is 0. The SMILES string of the molecule is CN=C(NCCOc1ccc(C(C)C)cc1)NC1CCN(C(=O)C(C)C)C1.I. The zero-order valence-corrected chi connectivity index (χ0v) is 20.0. The number of benzene rings is 1. The first-order valence-electron chi connectivity index (χ1n) is 9.89. The lowest BCUT2D eigenvalue weighted by Crippen LogP contribution is -2.46. The fourth-order valence-corrected chi connectivity index (χ4v) is 3.12. The molecule has 1 aliphatic heterocycles. The van der Waals surface area contributed by atoms with Gasteiger partial charge in [0, 0.05) is 32.1 Å². The van der Waals surface area contributed by atoms with E-state index in [2.05, 4.69) is 41.6 Å². The average molecular weight is 502 g/mol. The lowest BCUT2D eigenvalue weighted by Gasteiger charge is -2.20. The van der Waals surface area contributed by atoms with Crippen LogP contribution in [0, 0.1) is 5.92 Å². The summed E-state index contributed by atoms with van der Waals surface area (Å²) in [5.41, 5.74) is 1.31. The normalized spacial score (nSPS) is 16.9. The van der Waals surface area contributed by atoms with Crippen molar-refractivity contribution in [1.82, 2.24) is 15.5 Å². The van der Waals surface area contributed by atoms with Crippen molar-refractivity contribution in [1.29, 1.82) is 0 Å². The van der Waals surface area contributed by atoms with Gasteiger partial charge in [-0.05, 0) is 30.0 Å². The molecule has 0 aromatic heterocycles. The van der Waals surface area contributed by atoms with E-state index in [0.29, 0.717) is 19.1 Å². The third-order valence-electron chi connectivity index (χ3n) is 4.77. The van der Waals surface area contributed by atoms with E-state index in [9.17, 15) is 4.79 Å². The van der Waals surface area contributed by atoms with E-state index in [0.717, 1.165) is 31.2 Å². The van der Waals surface area contributed by atoms with Gasteiger partial charge in [-0.25, -0.2) is 0 Å². The molecule has 0 radical (unpaired) electrons. The summed E-state index contributed by atoms with van der Waals surface area (Å²) in [6.45, 7) is 11.0. The molecule has 1 saturated heterocycles. The van der Waals surface area contributed by atoms with Gasteiger partial charge in [0.1, 0.15) is 12.4 Å². The smallest absolute Gasteiger partial charge is 0.225 e. The number of rotatable bonds is 7. The van der Waals surface area contributed by atoms with Crippen LogP contribution in [0.2, 0.25) is 0 Å². The third-order valence-corrected chi connectivity index (χ3v) is 4.77. The van der Waals surface area contributed by atoms with Gasteiger partial charge in [0.2, 0.25) is 5.91 Å². The van der Waals surface area contributed by atoms with Crippen LogP contribution in [0.15, 0.2) is 29.3 Å². The molecule has 1 fully saturated rings. The number of carbonyl (C=O) groups excluding carboxylic acids is 1. The zero-order valence-electron chi connectivity index (χ0n) is 17.7. The second-order valence-electron chi connectivity index (χ2n) is 7.64. The fourth-order valence-electron chi connectivity index (χ4n) is 3.12. The van der Waals surface area contributed by atoms with Gasteiger partial charge >= 0.3 is 0 Å². The molecule has 1 aromatic rings. The Morgan fingerprint density at radius 3 is 2.50 bits per heavy atom. The van der Waals surface area contributed by atoms with E-state index < -0.39 is 0 Å². The maximum Gasteiger partial charge on any atom is 0.225 e. The molecule has 1 amide bonds. The lowest BCUT2D eigenvalue weighted by atomic mass is 10.0. The molecular weight excluding hydrogens is 467 g/mol. The van der Waals surface area contributed by atoms with E-state index in [1.807, 2.05) is 30.9 Å². The first-order chi connectivity index (χ1) is 12.9. The van der Waals surface area contributed by atoms with Crippen LogP contribution in [0.5, 0.6) is 5.75 Å². The predicted molar refractivity (Wildman–Crippen MR) is 126 cm³/mol. The molecule has 0 bridgehead atoms. The highest BCUT2D eigenvalue weighted by molar-refractivity contribution is 14.0. The van der Waals surface area contributed by atoms with Crippen molar-refractivity contribution in [2.24, 2.45) is 10.9 Å². The number of amides is 1. The molecular formula is C21H35IN4O2. The molecule has 1 heterocycles. The number of carbonyl (C=O) groups is 1. The monoisotopic (exact) mass is 502 g/mol. The van der Waals surface area contributed by atoms with E-state index in [-0.39, 0.29) is 41.8 Å². The van der Waals surface area contributed by atoms with Gasteiger partial charge in [0.25, 0.3) is 0 Å². The number of guanidine groups is 1. The summed E-state index contributed by atoms with van der Waals surface area (Å²) < 4.78 is 5.78. The number of ether oxygens (including phenoxy) is 1. The summed E-state index contributed by atoms with van der Waals surface area (Å²) in [4.78, 5) is 18.3. The molecule has 7 heteroatoms. The Morgan fingerprint density at radius 1 is 1.25 bits per heavy atom. The van der Waals surface area contributed by atoms with Crippen molar-refractivity contribution in [2.45, 2.75) is 46.1 Å². The van der Waals surface area contributed by atoms with E-state index in [4.69, 9.17) is 4.74 Å². The maximum atomic E-state index is 12.1. The number of nitrogens with one attached hydrogen (secondary N) is 2. The second-order valence-corrected chi connectivity index (χ2v) is 7.64. The molecule has 0 saturated carbocycles. The molecule has 1 atom stereocenters. The van der Waals surface area contributed by atoms with Crippen LogP contribution in [0.25, 0.3) is 0 Å². The van der Waals surface area contributed by atoms with Crippen LogP contribution in [0.3, 0.4) is 0 Å². The number of nitrogens with zero attached hydrogens (tertiary/aromatic N) is 2. The van der Waals surface area contributed by atoms with Crippen LogP contribution in [-0.4, -0.2) is 56.1 Å². The van der Waals surface area contributed by atoms with Gasteiger partial charge < -0.3 is 20.3 Å². The van der Waals surface area contributed by atoms with Crippen molar-refractivity contribution in [3.05, 3.63) is 29.8 Å². The minimum atomic E-state index is 0. The summed E-state index contributed by atoms with van der Waals surface area (Å²) in [5.74, 6) is 2.42. The molecule has 1 aromatic carbocycles. The first-order valence-corrected chi connectivity index (χ1v) is 9.89. The fraction of sp³-hybridized carbons (Fsp3) is 0.619. The van der Waals surface area contributed by atoms with Crippen molar-refractivity contribution >= 4 is 35.8 Å². The molecule has 0 spiro atoms. The molecule has 6 nitrogen and oxygen atoms in total. The molecule has 1 unspecified atom stereocenters. The molecule has 28 heavy (non-hydrogen) atoms. The van der Waals surface area contributed by atoms with Gasteiger partial charge in [0.15, 0.2) is 5.96 Å². The van der Waals surface area contributed by atoms with Gasteiger partial charge in [-0.3, -0.25) is 9.79 Å². The number of hydrogen-bond donors (Lipinski definition) is 2. The number of likely N-dealkylation sites (tertiary alicyclic amines) is 1. The van der Waals surface area contributed by atoms with Gasteiger partial charge in [-0.2, -0.15) is 0 Å². The van der Waals surface area contributed by atoms with Crippen molar-refractivity contribution in [3.8, 4) is 5.75 Å². The Labute approximate surface area is 186 Å². The van der Waals surface area contributed by atoms with E-state index in [1.54, 1.807) is 7.05 Å². The topological polar surface area (TPSA) is 66.0 Å². The minimum Gasteiger partial charge on any atom is -0.492 e. The summed E-state index contributed by atoms with van der Waals surface area (Å²) in [7, 11) is 1.76. The van der Waals surface area contributed by atoms with Crippen molar-refractivity contribution in [2.75, 3.05) is 33.3 Å². The maximum absolute atomic E-state index is 12.1. The zero-order chi connectivity index (χ0) is 19.8. The average Bonchev–Trinajstić information content (AvgIpc) is 3.12. The Kier molecular flexibility index (Phi) is 10.6.